The van der Waals surface area contributed by atoms with Gasteiger partial charge >= 0.3 is 5.97 Å². The van der Waals surface area contributed by atoms with Crippen LogP contribution in [0.4, 0.5) is 0 Å². The topological polar surface area (TPSA) is 83.6 Å². The van der Waals surface area contributed by atoms with Crippen LogP contribution < -0.4 is 5.73 Å². The van der Waals surface area contributed by atoms with Crippen LogP contribution in [-0.2, 0) is 9.59 Å². The Kier molecular flexibility index (Phi) is 5.90. The summed E-state index contributed by atoms with van der Waals surface area (Å²) in [6.45, 7) is 5.18. The van der Waals surface area contributed by atoms with Crippen molar-refractivity contribution in [3.8, 4) is 0 Å². The molecule has 1 unspecified atom stereocenters. The normalized spacial score (nSPS) is 12.8. The Morgan fingerprint density at radius 2 is 1.81 bits per heavy atom. The van der Waals surface area contributed by atoms with Gasteiger partial charge in [0.2, 0.25) is 5.91 Å². The third kappa shape index (κ3) is 5.55. The molecule has 0 saturated carbocycles. The zero-order chi connectivity index (χ0) is 16.0. The SMILES string of the molecule is CC(C)(C)N(CC(=O)O)C(=O)CCC(N)c1ccccc1. The number of benzene rings is 1. The summed E-state index contributed by atoms with van der Waals surface area (Å²) in [6.07, 6.45) is 0.732. The fraction of sp³-hybridized carbons (Fsp3) is 0.500. The number of hydrogen-bond donors (Lipinski definition) is 2. The molecule has 116 valence electrons. The van der Waals surface area contributed by atoms with Gasteiger partial charge in [0.1, 0.15) is 6.54 Å². The summed E-state index contributed by atoms with van der Waals surface area (Å²) in [5, 5.41) is 8.93. The number of amides is 1. The van der Waals surface area contributed by atoms with E-state index in [1.54, 1.807) is 0 Å². The molecule has 1 amide bonds. The molecule has 0 fully saturated rings. The van der Waals surface area contributed by atoms with Crippen LogP contribution in [0, 0.1) is 0 Å². The minimum Gasteiger partial charge on any atom is -0.480 e. The van der Waals surface area contributed by atoms with Crippen molar-refractivity contribution < 1.29 is 14.7 Å². The van der Waals surface area contributed by atoms with E-state index >= 15 is 0 Å². The summed E-state index contributed by atoms with van der Waals surface area (Å²) in [4.78, 5) is 24.6. The third-order valence-electron chi connectivity index (χ3n) is 3.30. The fourth-order valence-corrected chi connectivity index (χ4v) is 2.12. The number of hydrogen-bond acceptors (Lipinski definition) is 3. The van der Waals surface area contributed by atoms with Gasteiger partial charge in [0.15, 0.2) is 0 Å². The molecule has 5 nitrogen and oxygen atoms in total. The van der Waals surface area contributed by atoms with Gasteiger partial charge in [-0.2, -0.15) is 0 Å². The average molecular weight is 292 g/mol. The van der Waals surface area contributed by atoms with E-state index in [0.29, 0.717) is 6.42 Å². The molecule has 1 rings (SSSR count). The van der Waals surface area contributed by atoms with E-state index in [2.05, 4.69) is 0 Å². The minimum absolute atomic E-state index is 0.184. The van der Waals surface area contributed by atoms with E-state index in [-0.39, 0.29) is 24.9 Å². The van der Waals surface area contributed by atoms with Gasteiger partial charge in [0.05, 0.1) is 0 Å². The quantitative estimate of drug-likeness (QED) is 0.841. The molecular weight excluding hydrogens is 268 g/mol. The van der Waals surface area contributed by atoms with Gasteiger partial charge in [-0.25, -0.2) is 0 Å². The highest BCUT2D eigenvalue weighted by Crippen LogP contribution is 2.19. The Morgan fingerprint density at radius 3 is 2.29 bits per heavy atom. The predicted octanol–water partition coefficient (Wildman–Crippen LogP) is 2.18. The lowest BCUT2D eigenvalue weighted by atomic mass is 10.0. The second-order valence-electron chi connectivity index (χ2n) is 6.10. The van der Waals surface area contributed by atoms with Crippen LogP contribution in [0.1, 0.15) is 45.2 Å². The standard InChI is InChI=1S/C16H24N2O3/c1-16(2,3)18(11-15(20)21)14(19)10-9-13(17)12-7-5-4-6-8-12/h4-8,13H,9-11,17H2,1-3H3,(H,20,21). The van der Waals surface area contributed by atoms with Gasteiger partial charge in [-0.05, 0) is 32.8 Å². The van der Waals surface area contributed by atoms with Gasteiger partial charge < -0.3 is 15.7 Å². The van der Waals surface area contributed by atoms with Crippen LogP contribution in [0.15, 0.2) is 30.3 Å². The van der Waals surface area contributed by atoms with Crippen molar-refractivity contribution in [1.29, 1.82) is 0 Å². The summed E-state index contributed by atoms with van der Waals surface area (Å²) >= 11 is 0. The van der Waals surface area contributed by atoms with E-state index in [9.17, 15) is 9.59 Å². The van der Waals surface area contributed by atoms with Crippen molar-refractivity contribution in [1.82, 2.24) is 4.90 Å². The van der Waals surface area contributed by atoms with Crippen molar-refractivity contribution in [2.75, 3.05) is 6.54 Å². The molecule has 0 heterocycles. The zero-order valence-corrected chi connectivity index (χ0v) is 12.9. The van der Waals surface area contributed by atoms with Crippen LogP contribution >= 0.6 is 0 Å². The number of rotatable bonds is 6. The maximum atomic E-state index is 12.3. The Labute approximate surface area is 125 Å². The number of nitrogens with two attached hydrogens (primary N) is 1. The second kappa shape index (κ2) is 7.22. The van der Waals surface area contributed by atoms with Crippen LogP contribution in [0.25, 0.3) is 0 Å². The largest absolute Gasteiger partial charge is 0.480 e. The Hall–Kier alpha value is -1.88. The molecule has 0 aliphatic rings. The summed E-state index contributed by atoms with van der Waals surface area (Å²) in [6, 6.07) is 9.35. The molecule has 0 aliphatic carbocycles. The summed E-state index contributed by atoms with van der Waals surface area (Å²) in [5.41, 5.74) is 6.52. The summed E-state index contributed by atoms with van der Waals surface area (Å²) in [5.74, 6) is -1.19. The van der Waals surface area contributed by atoms with Crippen LogP contribution in [0.5, 0.6) is 0 Å². The maximum absolute atomic E-state index is 12.3. The molecule has 0 aliphatic heterocycles. The smallest absolute Gasteiger partial charge is 0.323 e. The molecule has 0 radical (unpaired) electrons. The first-order valence-corrected chi connectivity index (χ1v) is 7.04. The van der Waals surface area contributed by atoms with E-state index in [1.165, 1.54) is 4.90 Å². The molecule has 0 saturated heterocycles. The van der Waals surface area contributed by atoms with Crippen molar-refractivity contribution in [3.05, 3.63) is 35.9 Å². The maximum Gasteiger partial charge on any atom is 0.323 e. The lowest BCUT2D eigenvalue weighted by Crippen LogP contribution is -2.48. The van der Waals surface area contributed by atoms with E-state index < -0.39 is 11.5 Å². The highest BCUT2D eigenvalue weighted by atomic mass is 16.4. The van der Waals surface area contributed by atoms with Crippen molar-refractivity contribution in [2.45, 2.75) is 45.2 Å². The van der Waals surface area contributed by atoms with Gasteiger partial charge in [0.25, 0.3) is 0 Å². The Bertz CT molecular complexity index is 480. The first-order valence-electron chi connectivity index (χ1n) is 7.04. The first-order chi connectivity index (χ1) is 9.71. The monoisotopic (exact) mass is 292 g/mol. The average Bonchev–Trinajstić information content (AvgIpc) is 2.41. The molecule has 1 aromatic carbocycles. The van der Waals surface area contributed by atoms with Crippen molar-refractivity contribution >= 4 is 11.9 Å². The molecule has 21 heavy (non-hydrogen) atoms. The summed E-state index contributed by atoms with van der Waals surface area (Å²) < 4.78 is 0. The van der Waals surface area contributed by atoms with Crippen molar-refractivity contribution in [2.24, 2.45) is 5.73 Å². The lowest BCUT2D eigenvalue weighted by Gasteiger charge is -2.34. The molecular formula is C16H24N2O3. The lowest BCUT2D eigenvalue weighted by molar-refractivity contribution is -0.148. The van der Waals surface area contributed by atoms with Gasteiger partial charge in [-0.1, -0.05) is 30.3 Å². The molecule has 0 spiro atoms. The fourth-order valence-electron chi connectivity index (χ4n) is 2.12. The number of carbonyl (C=O) groups excluding carboxylic acids is 1. The first kappa shape index (κ1) is 17.2. The second-order valence-corrected chi connectivity index (χ2v) is 6.10. The summed E-state index contributed by atoms with van der Waals surface area (Å²) in [7, 11) is 0. The number of carboxylic acid groups (broad SMARTS) is 1. The molecule has 1 aromatic rings. The van der Waals surface area contributed by atoms with Crippen molar-refractivity contribution in [3.63, 3.8) is 0 Å². The van der Waals surface area contributed by atoms with Gasteiger partial charge in [-0.3, -0.25) is 9.59 Å². The molecule has 5 heteroatoms. The van der Waals surface area contributed by atoms with Gasteiger partial charge in [-0.15, -0.1) is 0 Å². The third-order valence-corrected chi connectivity index (χ3v) is 3.30. The highest BCUT2D eigenvalue weighted by Gasteiger charge is 2.28. The van der Waals surface area contributed by atoms with Gasteiger partial charge in [0, 0.05) is 18.0 Å². The highest BCUT2D eigenvalue weighted by molar-refractivity contribution is 5.82. The molecule has 0 bridgehead atoms. The molecule has 0 aromatic heterocycles. The predicted molar refractivity (Wildman–Crippen MR) is 81.7 cm³/mol. The number of nitrogens with zero attached hydrogens (tertiary/aromatic N) is 1. The van der Waals surface area contributed by atoms with E-state index in [1.807, 2.05) is 51.1 Å². The van der Waals surface area contributed by atoms with E-state index in [4.69, 9.17) is 10.8 Å². The molecule has 3 N–H and O–H groups in total. The zero-order valence-electron chi connectivity index (χ0n) is 12.9. The molecule has 1 atom stereocenters. The number of aliphatic carboxylic acids is 1. The number of carboxylic acids is 1. The van der Waals surface area contributed by atoms with Crippen LogP contribution in [0.3, 0.4) is 0 Å². The minimum atomic E-state index is -1.01. The number of carbonyl (C=O) groups is 2. The van der Waals surface area contributed by atoms with Crippen LogP contribution in [-0.4, -0.2) is 34.0 Å². The van der Waals surface area contributed by atoms with Crippen LogP contribution in [0.2, 0.25) is 0 Å². The Morgan fingerprint density at radius 1 is 1.24 bits per heavy atom. The van der Waals surface area contributed by atoms with E-state index in [0.717, 1.165) is 5.56 Å². The Balaban J connectivity index is 2.64.